The van der Waals surface area contributed by atoms with Gasteiger partial charge in [-0.2, -0.15) is 39.5 Å². The van der Waals surface area contributed by atoms with Crippen molar-refractivity contribution in [3.05, 3.63) is 75.1 Å². The molecule has 0 atom stereocenters. The summed E-state index contributed by atoms with van der Waals surface area (Å²) < 4.78 is 124. The van der Waals surface area contributed by atoms with Gasteiger partial charge in [0.25, 0.3) is 5.56 Å². The van der Waals surface area contributed by atoms with Gasteiger partial charge in [-0.05, 0) is 56.6 Å². The Morgan fingerprint density at radius 3 is 2.08 bits per heavy atom. The van der Waals surface area contributed by atoms with Crippen molar-refractivity contribution in [3.8, 4) is 0 Å². The van der Waals surface area contributed by atoms with E-state index in [0.29, 0.717) is 11.3 Å². The highest BCUT2D eigenvalue weighted by molar-refractivity contribution is 5.88. The number of rotatable bonds is 7. The molecule has 2 aromatic carbocycles. The van der Waals surface area contributed by atoms with E-state index in [9.17, 15) is 53.9 Å². The van der Waals surface area contributed by atoms with Gasteiger partial charge in [0.1, 0.15) is 12.0 Å². The summed E-state index contributed by atoms with van der Waals surface area (Å²) in [5.41, 5.74) is -1.95. The lowest BCUT2D eigenvalue weighted by molar-refractivity contribution is -0.236. The molecule has 17 heteroatoms. The molecule has 1 aromatic heterocycles. The number of esters is 1. The van der Waals surface area contributed by atoms with Crippen LogP contribution in [0.3, 0.4) is 0 Å². The number of pyridine rings is 1. The summed E-state index contributed by atoms with van der Waals surface area (Å²) in [4.78, 5) is 38.2. The average molecular weight is 725 g/mol. The summed E-state index contributed by atoms with van der Waals surface area (Å²) in [6.45, 7) is -1.24. The number of aryl methyl sites for hydroxylation is 2. The number of methoxy groups -OCH3 is 1. The van der Waals surface area contributed by atoms with Crippen molar-refractivity contribution in [1.29, 1.82) is 0 Å². The second-order valence-electron chi connectivity index (χ2n) is 12.2. The van der Waals surface area contributed by atoms with Gasteiger partial charge in [0, 0.05) is 44.2 Å². The number of alkyl halides is 9. The standard InChI is InChI=1S/C21H21F3N2O.C12H16F6N2O3/c1-13-6-5-7-14(10-13)11-17-19(21(22,23)24)16-12-15(25(2)3)8-9-18(16)26(4)20(17)27;1-23-8(21)6-19-9(22)10(12(16,17)18)2-4-20(5-3-10)7-11(13,14)15/h5-10,12H,11H2,1-4H3;2-7H2,1H3,(H,19,22). The molecule has 0 radical (unpaired) electrons. The molecule has 50 heavy (non-hydrogen) atoms. The Hall–Kier alpha value is -4.28. The maximum atomic E-state index is 14.0. The first-order valence-electron chi connectivity index (χ1n) is 15.2. The number of fused-ring (bicyclic) bond motifs is 1. The first kappa shape index (κ1) is 40.2. The third-order valence-electron chi connectivity index (χ3n) is 8.45. The molecule has 0 unspecified atom stereocenters. The molecule has 3 aromatic rings. The minimum atomic E-state index is -4.93. The van der Waals surface area contributed by atoms with E-state index in [1.165, 1.54) is 17.7 Å². The molecule has 0 aliphatic carbocycles. The van der Waals surface area contributed by atoms with Gasteiger partial charge in [-0.1, -0.05) is 29.8 Å². The van der Waals surface area contributed by atoms with Crippen LogP contribution in [0.15, 0.2) is 47.3 Å². The number of piperidine rings is 1. The van der Waals surface area contributed by atoms with Gasteiger partial charge in [-0.25, -0.2) is 0 Å². The lowest BCUT2D eigenvalue weighted by Gasteiger charge is -2.41. The smallest absolute Gasteiger partial charge is 0.417 e. The highest BCUT2D eigenvalue weighted by atomic mass is 19.4. The van der Waals surface area contributed by atoms with Crippen molar-refractivity contribution < 1.29 is 53.8 Å². The van der Waals surface area contributed by atoms with Gasteiger partial charge in [0.05, 0.1) is 24.7 Å². The quantitative estimate of drug-likeness (QED) is 0.238. The number of likely N-dealkylation sites (tertiary alicyclic amines) is 1. The van der Waals surface area contributed by atoms with E-state index >= 15 is 0 Å². The topological polar surface area (TPSA) is 83.9 Å². The number of ether oxygens (including phenoxy) is 1. The lowest BCUT2D eigenvalue weighted by Crippen LogP contribution is -2.57. The monoisotopic (exact) mass is 724 g/mol. The van der Waals surface area contributed by atoms with Crippen LogP contribution in [0.2, 0.25) is 0 Å². The van der Waals surface area contributed by atoms with Gasteiger partial charge in [-0.3, -0.25) is 19.3 Å². The molecule has 276 valence electrons. The molecule has 4 rings (SSSR count). The van der Waals surface area contributed by atoms with E-state index in [0.717, 1.165) is 17.6 Å². The molecule has 2 heterocycles. The minimum Gasteiger partial charge on any atom is -0.468 e. The molecule has 0 bridgehead atoms. The molecule has 0 saturated carbocycles. The Balaban J connectivity index is 0.000000275. The number of halogens is 9. The van der Waals surface area contributed by atoms with Crippen molar-refractivity contribution in [2.24, 2.45) is 12.5 Å². The lowest BCUT2D eigenvalue weighted by atomic mass is 9.76. The fourth-order valence-corrected chi connectivity index (χ4v) is 5.77. The Morgan fingerprint density at radius 1 is 0.960 bits per heavy atom. The number of anilines is 1. The second kappa shape index (κ2) is 15.3. The second-order valence-corrected chi connectivity index (χ2v) is 12.2. The van der Waals surface area contributed by atoms with Crippen LogP contribution in [0.25, 0.3) is 10.9 Å². The van der Waals surface area contributed by atoms with E-state index in [-0.39, 0.29) is 22.9 Å². The van der Waals surface area contributed by atoms with E-state index in [2.05, 4.69) is 4.74 Å². The fraction of sp³-hybridized carbons (Fsp3) is 0.485. The maximum Gasteiger partial charge on any atom is 0.417 e. The van der Waals surface area contributed by atoms with Crippen LogP contribution in [-0.4, -0.2) is 81.1 Å². The van der Waals surface area contributed by atoms with Crippen molar-refractivity contribution in [1.82, 2.24) is 14.8 Å². The minimum absolute atomic E-state index is 0.0402. The summed E-state index contributed by atoms with van der Waals surface area (Å²) in [6.07, 6.45) is -15.8. The van der Waals surface area contributed by atoms with Crippen molar-refractivity contribution in [3.63, 3.8) is 0 Å². The van der Waals surface area contributed by atoms with Crippen LogP contribution >= 0.6 is 0 Å². The fourth-order valence-electron chi connectivity index (χ4n) is 5.77. The van der Waals surface area contributed by atoms with Crippen LogP contribution < -0.4 is 15.8 Å². The zero-order valence-corrected chi connectivity index (χ0v) is 27.9. The first-order chi connectivity index (χ1) is 23.0. The Bertz CT molecular complexity index is 1740. The van der Waals surface area contributed by atoms with Crippen molar-refractivity contribution >= 4 is 28.5 Å². The first-order valence-corrected chi connectivity index (χ1v) is 15.2. The molecular formula is C33H37F9N4O4. The maximum absolute atomic E-state index is 14.0. The third kappa shape index (κ3) is 9.48. The third-order valence-corrected chi connectivity index (χ3v) is 8.45. The van der Waals surface area contributed by atoms with Crippen molar-refractivity contribution in [2.75, 3.05) is 52.3 Å². The number of hydrogen-bond acceptors (Lipinski definition) is 6. The molecule has 1 aliphatic heterocycles. The Morgan fingerprint density at radius 2 is 1.58 bits per heavy atom. The number of nitrogens with one attached hydrogen (secondary N) is 1. The average Bonchev–Trinajstić information content (AvgIpc) is 3.00. The number of benzene rings is 2. The summed E-state index contributed by atoms with van der Waals surface area (Å²) in [7, 11) is 6.05. The zero-order valence-electron chi connectivity index (χ0n) is 27.9. The van der Waals surface area contributed by atoms with Crippen LogP contribution in [0.4, 0.5) is 45.2 Å². The van der Waals surface area contributed by atoms with Gasteiger partial charge < -0.3 is 19.5 Å². The van der Waals surface area contributed by atoms with E-state index in [1.807, 2.05) is 18.3 Å². The summed E-state index contributed by atoms with van der Waals surface area (Å²) in [6, 6.07) is 12.0. The predicted molar refractivity (Wildman–Crippen MR) is 168 cm³/mol. The predicted octanol–water partition coefficient (Wildman–Crippen LogP) is 6.00. The molecule has 1 aliphatic rings. The Labute approximate surface area is 281 Å². The molecule has 1 N–H and O–H groups in total. The number of aromatic nitrogens is 1. The number of nitrogens with zero attached hydrogens (tertiary/aromatic N) is 3. The summed E-state index contributed by atoms with van der Waals surface area (Å²) in [5.74, 6) is -2.35. The van der Waals surface area contributed by atoms with Crippen LogP contribution in [-0.2, 0) is 34.0 Å². The van der Waals surface area contributed by atoms with E-state index < -0.39 is 86.0 Å². The molecule has 1 fully saturated rings. The van der Waals surface area contributed by atoms with Gasteiger partial charge >= 0.3 is 24.5 Å². The van der Waals surface area contributed by atoms with Crippen LogP contribution in [0, 0.1) is 12.3 Å². The molecular weight excluding hydrogens is 687 g/mol. The molecule has 1 amide bonds. The zero-order chi connectivity index (χ0) is 37.8. The number of carbonyl (C=O) groups excluding carboxylic acids is 2. The van der Waals surface area contributed by atoms with E-state index in [4.69, 9.17) is 0 Å². The molecule has 1 saturated heterocycles. The highest BCUT2D eigenvalue weighted by Gasteiger charge is 2.61. The number of carbonyl (C=O) groups is 2. The summed E-state index contributed by atoms with van der Waals surface area (Å²) >= 11 is 0. The van der Waals surface area contributed by atoms with Crippen LogP contribution in [0.5, 0.6) is 0 Å². The molecule has 0 spiro atoms. The summed E-state index contributed by atoms with van der Waals surface area (Å²) in [5, 5.41) is 1.88. The highest BCUT2D eigenvalue weighted by Crippen LogP contribution is 2.47. The van der Waals surface area contributed by atoms with Crippen LogP contribution in [0.1, 0.15) is 35.1 Å². The SMILES string of the molecule is COC(=O)CNC(=O)C1(C(F)(F)F)CCN(CC(F)(F)F)CC1.Cc1cccc(Cc2c(C(F)(F)F)c3cc(N(C)C)ccc3n(C)c2=O)c1. The number of hydrogen-bond donors (Lipinski definition) is 1. The van der Waals surface area contributed by atoms with Crippen molar-refractivity contribution in [2.45, 2.75) is 44.7 Å². The van der Waals surface area contributed by atoms with Gasteiger partial charge in [0.15, 0.2) is 0 Å². The van der Waals surface area contributed by atoms with E-state index in [1.54, 1.807) is 49.3 Å². The normalized spacial score (nSPS) is 15.2. The van der Waals surface area contributed by atoms with Gasteiger partial charge in [0.2, 0.25) is 5.91 Å². The number of amides is 1. The van der Waals surface area contributed by atoms with Gasteiger partial charge in [-0.15, -0.1) is 0 Å². The molecule has 8 nitrogen and oxygen atoms in total. The largest absolute Gasteiger partial charge is 0.468 e. The Kier molecular flexibility index (Phi) is 12.3.